The zero-order chi connectivity index (χ0) is 13.3. The summed E-state index contributed by atoms with van der Waals surface area (Å²) in [5, 5.41) is 0. The zero-order valence-corrected chi connectivity index (χ0v) is 11.8. The van der Waals surface area contributed by atoms with E-state index in [1.54, 1.807) is 0 Å². The van der Waals surface area contributed by atoms with E-state index in [2.05, 4.69) is 0 Å². The van der Waals surface area contributed by atoms with Crippen molar-refractivity contribution in [1.29, 1.82) is 0 Å². The van der Waals surface area contributed by atoms with Gasteiger partial charge in [0.25, 0.3) is 0 Å². The summed E-state index contributed by atoms with van der Waals surface area (Å²) in [6.45, 7) is 2.97. The van der Waals surface area contributed by atoms with Crippen molar-refractivity contribution in [3.63, 3.8) is 0 Å². The Balaban J connectivity index is 2.13. The summed E-state index contributed by atoms with van der Waals surface area (Å²) in [5.74, 6) is 0.448. The average Bonchev–Trinajstić information content (AvgIpc) is 2.52. The van der Waals surface area contributed by atoms with Crippen LogP contribution in [0.5, 0.6) is 0 Å². The SMILES string of the molecule is CC1CN(Cc2ccc(C(N)=S)cc2)S(=O)(=O)C1. The molecule has 1 heterocycles. The maximum Gasteiger partial charge on any atom is 0.214 e. The van der Waals surface area contributed by atoms with E-state index in [1.807, 2.05) is 31.2 Å². The summed E-state index contributed by atoms with van der Waals surface area (Å²) in [6.07, 6.45) is 0. The Labute approximate surface area is 113 Å². The van der Waals surface area contributed by atoms with Crippen molar-refractivity contribution in [2.45, 2.75) is 13.5 Å². The lowest BCUT2D eigenvalue weighted by atomic mass is 10.1. The molecule has 0 amide bonds. The fourth-order valence-corrected chi connectivity index (χ4v) is 4.12. The van der Waals surface area contributed by atoms with Crippen LogP contribution < -0.4 is 5.73 Å². The van der Waals surface area contributed by atoms with Gasteiger partial charge >= 0.3 is 0 Å². The second kappa shape index (κ2) is 4.95. The summed E-state index contributed by atoms with van der Waals surface area (Å²) < 4.78 is 25.2. The molecule has 2 N–H and O–H groups in total. The molecule has 6 heteroatoms. The van der Waals surface area contributed by atoms with Gasteiger partial charge in [0.15, 0.2) is 0 Å². The lowest BCUT2D eigenvalue weighted by molar-refractivity contribution is 0.409. The molecule has 0 aliphatic carbocycles. The minimum Gasteiger partial charge on any atom is -0.389 e. The van der Waals surface area contributed by atoms with Gasteiger partial charge in [-0.05, 0) is 11.5 Å². The van der Waals surface area contributed by atoms with Gasteiger partial charge in [0.1, 0.15) is 4.99 Å². The highest BCUT2D eigenvalue weighted by Gasteiger charge is 2.33. The van der Waals surface area contributed by atoms with Crippen LogP contribution >= 0.6 is 12.2 Å². The van der Waals surface area contributed by atoms with Crippen LogP contribution in [0.2, 0.25) is 0 Å². The number of sulfonamides is 1. The van der Waals surface area contributed by atoms with Crippen LogP contribution in [0, 0.1) is 5.92 Å². The number of nitrogens with zero attached hydrogens (tertiary/aromatic N) is 1. The first-order chi connectivity index (χ1) is 8.38. The third kappa shape index (κ3) is 2.88. The Morgan fingerprint density at radius 3 is 2.50 bits per heavy atom. The van der Waals surface area contributed by atoms with E-state index in [-0.39, 0.29) is 11.7 Å². The summed E-state index contributed by atoms with van der Waals surface area (Å²) in [7, 11) is -3.08. The molecule has 2 rings (SSSR count). The summed E-state index contributed by atoms with van der Waals surface area (Å²) in [6, 6.07) is 7.38. The third-order valence-corrected chi connectivity index (χ3v) is 5.29. The zero-order valence-electron chi connectivity index (χ0n) is 10.2. The van der Waals surface area contributed by atoms with Crippen molar-refractivity contribution in [3.8, 4) is 0 Å². The van der Waals surface area contributed by atoms with Crippen LogP contribution in [0.4, 0.5) is 0 Å². The molecule has 1 aliphatic heterocycles. The van der Waals surface area contributed by atoms with Crippen molar-refractivity contribution in [2.75, 3.05) is 12.3 Å². The van der Waals surface area contributed by atoms with Gasteiger partial charge in [0.2, 0.25) is 10.0 Å². The number of thiocarbonyl (C=S) groups is 1. The molecular formula is C12H16N2O2S2. The first kappa shape index (κ1) is 13.5. The van der Waals surface area contributed by atoms with Gasteiger partial charge in [0.05, 0.1) is 5.75 Å². The molecule has 1 fully saturated rings. The van der Waals surface area contributed by atoms with Crippen LogP contribution in [-0.4, -0.2) is 30.0 Å². The van der Waals surface area contributed by atoms with E-state index in [0.29, 0.717) is 18.1 Å². The first-order valence-electron chi connectivity index (χ1n) is 5.75. The van der Waals surface area contributed by atoms with E-state index in [4.69, 9.17) is 18.0 Å². The Morgan fingerprint density at radius 2 is 2.06 bits per heavy atom. The smallest absolute Gasteiger partial charge is 0.214 e. The average molecular weight is 284 g/mol. The molecule has 1 aliphatic rings. The standard InChI is InChI=1S/C12H16N2O2S2/c1-9-6-14(18(15,16)8-9)7-10-2-4-11(5-3-10)12(13)17/h2-5,9H,6-8H2,1H3,(H2,13,17). The predicted octanol–water partition coefficient (Wildman–Crippen LogP) is 1.10. The van der Waals surface area contributed by atoms with Gasteiger partial charge in [-0.1, -0.05) is 43.4 Å². The molecule has 1 aromatic rings. The molecule has 0 saturated carbocycles. The Hall–Kier alpha value is -0.980. The van der Waals surface area contributed by atoms with Crippen LogP contribution in [0.3, 0.4) is 0 Å². The molecule has 4 nitrogen and oxygen atoms in total. The summed E-state index contributed by atoms with van der Waals surface area (Å²) in [4.78, 5) is 0.351. The Bertz CT molecular complexity index is 552. The fourth-order valence-electron chi connectivity index (χ4n) is 2.12. The molecule has 1 atom stereocenters. The number of rotatable bonds is 3. The number of hydrogen-bond acceptors (Lipinski definition) is 3. The van der Waals surface area contributed by atoms with E-state index < -0.39 is 10.0 Å². The molecule has 18 heavy (non-hydrogen) atoms. The van der Waals surface area contributed by atoms with Crippen LogP contribution in [-0.2, 0) is 16.6 Å². The topological polar surface area (TPSA) is 63.4 Å². The minimum atomic E-state index is -3.08. The van der Waals surface area contributed by atoms with Gasteiger partial charge in [-0.25, -0.2) is 8.42 Å². The molecule has 98 valence electrons. The minimum absolute atomic E-state index is 0.200. The Kier molecular flexibility index (Phi) is 3.70. The maximum atomic E-state index is 11.8. The van der Waals surface area contributed by atoms with Crippen molar-refractivity contribution in [2.24, 2.45) is 11.7 Å². The maximum absolute atomic E-state index is 11.8. The van der Waals surface area contributed by atoms with E-state index in [0.717, 1.165) is 11.1 Å². The van der Waals surface area contributed by atoms with E-state index in [1.165, 1.54) is 4.31 Å². The van der Waals surface area contributed by atoms with Crippen LogP contribution in [0.15, 0.2) is 24.3 Å². The van der Waals surface area contributed by atoms with Gasteiger partial charge < -0.3 is 5.73 Å². The second-order valence-electron chi connectivity index (χ2n) is 4.74. The monoisotopic (exact) mass is 284 g/mol. The molecule has 0 bridgehead atoms. The largest absolute Gasteiger partial charge is 0.389 e. The molecule has 1 saturated heterocycles. The third-order valence-electron chi connectivity index (χ3n) is 3.00. The predicted molar refractivity (Wildman–Crippen MR) is 75.7 cm³/mol. The van der Waals surface area contributed by atoms with Crippen molar-refractivity contribution < 1.29 is 8.42 Å². The van der Waals surface area contributed by atoms with Gasteiger partial charge in [-0.3, -0.25) is 0 Å². The molecule has 0 spiro atoms. The quantitative estimate of drug-likeness (QED) is 0.844. The van der Waals surface area contributed by atoms with Gasteiger partial charge in [-0.2, -0.15) is 4.31 Å². The number of benzene rings is 1. The highest BCUT2D eigenvalue weighted by atomic mass is 32.2. The van der Waals surface area contributed by atoms with Gasteiger partial charge in [0, 0.05) is 18.7 Å². The molecule has 1 unspecified atom stereocenters. The van der Waals surface area contributed by atoms with E-state index >= 15 is 0 Å². The van der Waals surface area contributed by atoms with Crippen LogP contribution in [0.1, 0.15) is 18.1 Å². The van der Waals surface area contributed by atoms with E-state index in [9.17, 15) is 8.42 Å². The summed E-state index contributed by atoms with van der Waals surface area (Å²) >= 11 is 4.87. The first-order valence-corrected chi connectivity index (χ1v) is 7.77. The van der Waals surface area contributed by atoms with Crippen molar-refractivity contribution >= 4 is 27.2 Å². The molecule has 0 radical (unpaired) electrons. The normalized spacial score (nSPS) is 23.1. The molecular weight excluding hydrogens is 268 g/mol. The second-order valence-corrected chi connectivity index (χ2v) is 7.19. The lowest BCUT2D eigenvalue weighted by Crippen LogP contribution is -2.25. The number of hydrogen-bond donors (Lipinski definition) is 1. The van der Waals surface area contributed by atoms with Crippen molar-refractivity contribution in [3.05, 3.63) is 35.4 Å². The number of nitrogens with two attached hydrogens (primary N) is 1. The lowest BCUT2D eigenvalue weighted by Gasteiger charge is -2.14. The van der Waals surface area contributed by atoms with Crippen molar-refractivity contribution in [1.82, 2.24) is 4.31 Å². The molecule has 1 aromatic carbocycles. The van der Waals surface area contributed by atoms with Crippen LogP contribution in [0.25, 0.3) is 0 Å². The highest BCUT2D eigenvalue weighted by Crippen LogP contribution is 2.21. The van der Waals surface area contributed by atoms with Gasteiger partial charge in [-0.15, -0.1) is 0 Å². The molecule has 0 aromatic heterocycles. The summed E-state index contributed by atoms with van der Waals surface area (Å²) in [5.41, 5.74) is 7.26. The Morgan fingerprint density at radius 1 is 1.44 bits per heavy atom. The highest BCUT2D eigenvalue weighted by molar-refractivity contribution is 7.89. The fraction of sp³-hybridized carbons (Fsp3) is 0.417.